The Hall–Kier alpha value is -3.36. The van der Waals surface area contributed by atoms with Crippen LogP contribution in [0.1, 0.15) is 33.3 Å². The van der Waals surface area contributed by atoms with Crippen molar-refractivity contribution in [2.75, 3.05) is 31.6 Å². The molecular formula is C24H25ClN4O4. The molecule has 9 heteroatoms. The predicted octanol–water partition coefficient (Wildman–Crippen LogP) is 3.86. The fourth-order valence-electron chi connectivity index (χ4n) is 3.53. The maximum atomic E-state index is 13.1. The molecule has 0 atom stereocenters. The summed E-state index contributed by atoms with van der Waals surface area (Å²) < 4.78 is 12.7. The summed E-state index contributed by atoms with van der Waals surface area (Å²) in [5.74, 6) is 0.195. The predicted molar refractivity (Wildman–Crippen MR) is 125 cm³/mol. The van der Waals surface area contributed by atoms with E-state index in [0.29, 0.717) is 67.2 Å². The van der Waals surface area contributed by atoms with Crippen LogP contribution < -0.4 is 10.1 Å². The van der Waals surface area contributed by atoms with Gasteiger partial charge in [0.2, 0.25) is 0 Å². The average Bonchev–Trinajstić information content (AvgIpc) is 3.25. The second-order valence-corrected chi connectivity index (χ2v) is 7.96. The Morgan fingerprint density at radius 1 is 1.15 bits per heavy atom. The van der Waals surface area contributed by atoms with Crippen LogP contribution in [0.4, 0.5) is 5.69 Å². The van der Waals surface area contributed by atoms with Gasteiger partial charge in [0, 0.05) is 30.2 Å². The Morgan fingerprint density at radius 3 is 2.61 bits per heavy atom. The molecule has 8 nitrogen and oxygen atoms in total. The average molecular weight is 469 g/mol. The van der Waals surface area contributed by atoms with Crippen LogP contribution in [0.5, 0.6) is 5.75 Å². The number of halogens is 1. The third-order valence-corrected chi connectivity index (χ3v) is 5.54. The first kappa shape index (κ1) is 22.8. The summed E-state index contributed by atoms with van der Waals surface area (Å²) in [6.45, 7) is 4.80. The molecule has 2 heterocycles. The van der Waals surface area contributed by atoms with Crippen molar-refractivity contribution in [2.24, 2.45) is 0 Å². The van der Waals surface area contributed by atoms with E-state index in [0.717, 1.165) is 5.56 Å². The van der Waals surface area contributed by atoms with Gasteiger partial charge in [0.05, 0.1) is 25.1 Å². The number of aryl methyl sites for hydroxylation is 1. The molecule has 3 aromatic rings. The van der Waals surface area contributed by atoms with Gasteiger partial charge in [-0.05, 0) is 42.8 Å². The monoisotopic (exact) mass is 468 g/mol. The number of rotatable bonds is 7. The number of hydrogen-bond acceptors (Lipinski definition) is 5. The number of ether oxygens (including phenoxy) is 2. The van der Waals surface area contributed by atoms with Gasteiger partial charge >= 0.3 is 0 Å². The summed E-state index contributed by atoms with van der Waals surface area (Å²) in [6, 6.07) is 14.3. The molecule has 0 aliphatic carbocycles. The van der Waals surface area contributed by atoms with Gasteiger partial charge in [-0.15, -0.1) is 0 Å². The molecule has 0 unspecified atom stereocenters. The van der Waals surface area contributed by atoms with Crippen LogP contribution in [0.15, 0.2) is 54.7 Å². The second-order valence-electron chi connectivity index (χ2n) is 7.52. The molecule has 1 aliphatic heterocycles. The van der Waals surface area contributed by atoms with Crippen molar-refractivity contribution in [1.29, 1.82) is 0 Å². The fourth-order valence-corrected chi connectivity index (χ4v) is 3.71. The Morgan fingerprint density at radius 2 is 1.91 bits per heavy atom. The fraction of sp³-hybridized carbons (Fsp3) is 0.292. The molecule has 1 aliphatic rings. The maximum absolute atomic E-state index is 13.1. The standard InChI is InChI=1S/C24H25ClN4O4/c1-2-29-22(24(31)28-10-12-32-13-11-28)21(15-26-29)27-23(30)18-8-6-17(7-9-18)16-33-20-5-3-4-19(25)14-20/h3-9,14-15H,2,10-13,16H2,1H3,(H,27,30). The summed E-state index contributed by atoms with van der Waals surface area (Å²) >= 11 is 5.97. The number of benzene rings is 2. The lowest BCUT2D eigenvalue weighted by Gasteiger charge is -2.27. The number of aromatic nitrogens is 2. The largest absolute Gasteiger partial charge is 0.489 e. The number of carbonyl (C=O) groups excluding carboxylic acids is 2. The number of nitrogens with zero attached hydrogens (tertiary/aromatic N) is 3. The van der Waals surface area contributed by atoms with Gasteiger partial charge in [-0.2, -0.15) is 5.10 Å². The molecule has 0 saturated carbocycles. The summed E-state index contributed by atoms with van der Waals surface area (Å²) in [7, 11) is 0. The van der Waals surface area contributed by atoms with Gasteiger partial charge in [0.1, 0.15) is 18.1 Å². The van der Waals surface area contributed by atoms with Crippen LogP contribution in [0.25, 0.3) is 0 Å². The number of nitrogens with one attached hydrogen (secondary N) is 1. The molecule has 1 aromatic heterocycles. The highest BCUT2D eigenvalue weighted by Crippen LogP contribution is 2.21. The quantitative estimate of drug-likeness (QED) is 0.569. The SMILES string of the molecule is CCn1ncc(NC(=O)c2ccc(COc3cccc(Cl)c3)cc2)c1C(=O)N1CCOCC1. The second kappa shape index (κ2) is 10.5. The zero-order valence-electron chi connectivity index (χ0n) is 18.3. The molecule has 172 valence electrons. The minimum atomic E-state index is -0.316. The molecule has 1 saturated heterocycles. The maximum Gasteiger partial charge on any atom is 0.274 e. The summed E-state index contributed by atoms with van der Waals surface area (Å²) in [4.78, 5) is 27.6. The van der Waals surface area contributed by atoms with Crippen LogP contribution in [-0.2, 0) is 17.9 Å². The minimum Gasteiger partial charge on any atom is -0.489 e. The van der Waals surface area contributed by atoms with Crippen molar-refractivity contribution in [3.63, 3.8) is 0 Å². The molecule has 4 rings (SSSR count). The minimum absolute atomic E-state index is 0.165. The zero-order valence-corrected chi connectivity index (χ0v) is 19.0. The molecular weight excluding hydrogens is 444 g/mol. The third kappa shape index (κ3) is 5.53. The van der Waals surface area contributed by atoms with Crippen molar-refractivity contribution in [3.05, 3.63) is 76.6 Å². The van der Waals surface area contributed by atoms with E-state index in [2.05, 4.69) is 10.4 Å². The van der Waals surface area contributed by atoms with Gasteiger partial charge in [-0.25, -0.2) is 0 Å². The van der Waals surface area contributed by atoms with Crippen molar-refractivity contribution in [3.8, 4) is 5.75 Å². The number of carbonyl (C=O) groups is 2. The highest BCUT2D eigenvalue weighted by atomic mass is 35.5. The van der Waals surface area contributed by atoms with Gasteiger partial charge in [0.25, 0.3) is 11.8 Å². The van der Waals surface area contributed by atoms with Gasteiger partial charge in [0.15, 0.2) is 0 Å². The number of amides is 2. The first-order valence-corrected chi connectivity index (χ1v) is 11.1. The molecule has 33 heavy (non-hydrogen) atoms. The lowest BCUT2D eigenvalue weighted by atomic mass is 10.1. The Bertz CT molecular complexity index is 1120. The van der Waals surface area contributed by atoms with Crippen molar-refractivity contribution in [2.45, 2.75) is 20.1 Å². The summed E-state index contributed by atoms with van der Waals surface area (Å²) in [6.07, 6.45) is 1.52. The summed E-state index contributed by atoms with van der Waals surface area (Å²) in [5, 5.41) is 7.71. The molecule has 1 fully saturated rings. The van der Waals surface area contributed by atoms with Gasteiger partial charge in [-0.1, -0.05) is 29.8 Å². The highest BCUT2D eigenvalue weighted by molar-refractivity contribution is 6.30. The van der Waals surface area contributed by atoms with Gasteiger partial charge in [-0.3, -0.25) is 14.3 Å². The van der Waals surface area contributed by atoms with E-state index >= 15 is 0 Å². The first-order chi connectivity index (χ1) is 16.0. The lowest BCUT2D eigenvalue weighted by Crippen LogP contribution is -2.41. The molecule has 0 bridgehead atoms. The van der Waals surface area contributed by atoms with Crippen molar-refractivity contribution >= 4 is 29.1 Å². The van der Waals surface area contributed by atoms with Crippen LogP contribution in [0, 0.1) is 0 Å². The first-order valence-electron chi connectivity index (χ1n) is 10.8. The van der Waals surface area contributed by atoms with Crippen LogP contribution >= 0.6 is 11.6 Å². The van der Waals surface area contributed by atoms with E-state index in [9.17, 15) is 9.59 Å². The van der Waals surface area contributed by atoms with E-state index in [1.54, 1.807) is 33.8 Å². The van der Waals surface area contributed by atoms with E-state index in [4.69, 9.17) is 21.1 Å². The molecule has 2 amide bonds. The molecule has 0 spiro atoms. The van der Waals surface area contributed by atoms with E-state index in [-0.39, 0.29) is 11.8 Å². The third-order valence-electron chi connectivity index (χ3n) is 5.31. The number of anilines is 1. The normalized spacial score (nSPS) is 13.6. The highest BCUT2D eigenvalue weighted by Gasteiger charge is 2.26. The van der Waals surface area contributed by atoms with Crippen molar-refractivity contribution in [1.82, 2.24) is 14.7 Å². The van der Waals surface area contributed by atoms with Gasteiger partial charge < -0.3 is 19.7 Å². The van der Waals surface area contributed by atoms with E-state index < -0.39 is 0 Å². The van der Waals surface area contributed by atoms with Crippen LogP contribution in [-0.4, -0.2) is 52.8 Å². The van der Waals surface area contributed by atoms with E-state index in [1.165, 1.54) is 6.20 Å². The van der Waals surface area contributed by atoms with E-state index in [1.807, 2.05) is 31.2 Å². The Balaban J connectivity index is 1.42. The summed E-state index contributed by atoms with van der Waals surface area (Å²) in [5.41, 5.74) is 2.15. The lowest BCUT2D eigenvalue weighted by molar-refractivity contribution is 0.0295. The molecule has 0 radical (unpaired) electrons. The number of morpholine rings is 1. The van der Waals surface area contributed by atoms with Crippen molar-refractivity contribution < 1.29 is 19.1 Å². The Labute approximate surface area is 197 Å². The van der Waals surface area contributed by atoms with Crippen LogP contribution in [0.2, 0.25) is 5.02 Å². The zero-order chi connectivity index (χ0) is 23.2. The smallest absolute Gasteiger partial charge is 0.274 e. The topological polar surface area (TPSA) is 85.7 Å². The Kier molecular flexibility index (Phi) is 7.26. The number of hydrogen-bond donors (Lipinski definition) is 1. The molecule has 1 N–H and O–H groups in total. The molecule has 2 aromatic carbocycles. The van der Waals surface area contributed by atoms with Crippen LogP contribution in [0.3, 0.4) is 0 Å².